The SMILES string of the molecule is CCC1CN(CC2CCCCC2)CC1Cl. The largest absolute Gasteiger partial charge is 0.301 e. The monoisotopic (exact) mass is 229 g/mol. The standard InChI is InChI=1S/C13H24ClN/c1-2-12-9-15(10-13(12)14)8-11-6-4-3-5-7-11/h11-13H,2-10H2,1H3. The van der Waals surface area contributed by atoms with E-state index in [0.717, 1.165) is 18.4 Å². The van der Waals surface area contributed by atoms with Crippen molar-refractivity contribution < 1.29 is 0 Å². The first-order valence-electron chi connectivity index (χ1n) is 6.66. The van der Waals surface area contributed by atoms with Crippen LogP contribution in [0.4, 0.5) is 0 Å². The van der Waals surface area contributed by atoms with Gasteiger partial charge in [0.05, 0.1) is 5.38 Å². The summed E-state index contributed by atoms with van der Waals surface area (Å²) in [5.41, 5.74) is 0. The highest BCUT2D eigenvalue weighted by atomic mass is 35.5. The molecule has 2 atom stereocenters. The first-order valence-corrected chi connectivity index (χ1v) is 7.09. The van der Waals surface area contributed by atoms with Crippen LogP contribution in [-0.2, 0) is 0 Å². The van der Waals surface area contributed by atoms with Gasteiger partial charge in [-0.1, -0.05) is 32.6 Å². The van der Waals surface area contributed by atoms with Gasteiger partial charge in [-0.05, 0) is 24.7 Å². The number of hydrogen-bond donors (Lipinski definition) is 0. The molecule has 1 aliphatic heterocycles. The van der Waals surface area contributed by atoms with Crippen molar-refractivity contribution in [3.63, 3.8) is 0 Å². The molecule has 2 rings (SSSR count). The summed E-state index contributed by atoms with van der Waals surface area (Å²) < 4.78 is 0. The highest BCUT2D eigenvalue weighted by molar-refractivity contribution is 6.21. The third-order valence-corrected chi connectivity index (χ3v) is 4.70. The van der Waals surface area contributed by atoms with Gasteiger partial charge in [0, 0.05) is 19.6 Å². The van der Waals surface area contributed by atoms with Gasteiger partial charge in [0.25, 0.3) is 0 Å². The number of nitrogens with zero attached hydrogens (tertiary/aromatic N) is 1. The molecule has 0 spiro atoms. The van der Waals surface area contributed by atoms with E-state index in [1.807, 2.05) is 0 Å². The summed E-state index contributed by atoms with van der Waals surface area (Å²) in [5.74, 6) is 1.72. The van der Waals surface area contributed by atoms with Gasteiger partial charge in [-0.3, -0.25) is 0 Å². The van der Waals surface area contributed by atoms with Crippen molar-refractivity contribution in [1.29, 1.82) is 0 Å². The van der Waals surface area contributed by atoms with Crippen LogP contribution in [0.1, 0.15) is 45.4 Å². The predicted octanol–water partition coefficient (Wildman–Crippen LogP) is 3.52. The van der Waals surface area contributed by atoms with Gasteiger partial charge in [0.15, 0.2) is 0 Å². The van der Waals surface area contributed by atoms with Crippen molar-refractivity contribution in [3.05, 3.63) is 0 Å². The molecule has 1 aliphatic carbocycles. The van der Waals surface area contributed by atoms with Crippen LogP contribution in [0.25, 0.3) is 0 Å². The molecular formula is C13H24ClN. The fourth-order valence-corrected chi connectivity index (χ4v) is 3.64. The van der Waals surface area contributed by atoms with E-state index in [-0.39, 0.29) is 0 Å². The average molecular weight is 230 g/mol. The third-order valence-electron chi connectivity index (χ3n) is 4.20. The zero-order valence-corrected chi connectivity index (χ0v) is 10.7. The normalized spacial score (nSPS) is 34.8. The molecule has 0 N–H and O–H groups in total. The van der Waals surface area contributed by atoms with Gasteiger partial charge < -0.3 is 4.90 Å². The maximum Gasteiger partial charge on any atom is 0.0503 e. The second-order valence-electron chi connectivity index (χ2n) is 5.41. The summed E-state index contributed by atoms with van der Waals surface area (Å²) in [6.45, 7) is 5.97. The molecule has 2 fully saturated rings. The van der Waals surface area contributed by atoms with Crippen molar-refractivity contribution >= 4 is 11.6 Å². The zero-order valence-electron chi connectivity index (χ0n) is 9.92. The molecule has 0 amide bonds. The molecule has 2 heteroatoms. The first kappa shape index (κ1) is 11.7. The first-order chi connectivity index (χ1) is 7.29. The molecule has 1 saturated heterocycles. The van der Waals surface area contributed by atoms with Crippen LogP contribution in [0, 0.1) is 11.8 Å². The van der Waals surface area contributed by atoms with Crippen LogP contribution < -0.4 is 0 Å². The Balaban J connectivity index is 1.75. The van der Waals surface area contributed by atoms with Crippen molar-refractivity contribution in [1.82, 2.24) is 4.90 Å². The topological polar surface area (TPSA) is 3.24 Å². The third kappa shape index (κ3) is 3.10. The Morgan fingerprint density at radius 1 is 1.13 bits per heavy atom. The zero-order chi connectivity index (χ0) is 10.7. The minimum Gasteiger partial charge on any atom is -0.301 e. The number of rotatable bonds is 3. The predicted molar refractivity (Wildman–Crippen MR) is 66.4 cm³/mol. The van der Waals surface area contributed by atoms with Gasteiger partial charge in [-0.25, -0.2) is 0 Å². The Kier molecular flexibility index (Phi) is 4.33. The van der Waals surface area contributed by atoms with E-state index < -0.39 is 0 Å². The van der Waals surface area contributed by atoms with E-state index in [4.69, 9.17) is 11.6 Å². The highest BCUT2D eigenvalue weighted by Gasteiger charge is 2.31. The fourth-order valence-electron chi connectivity index (χ4n) is 3.19. The molecule has 0 radical (unpaired) electrons. The van der Waals surface area contributed by atoms with E-state index in [1.54, 1.807) is 0 Å². The molecule has 1 heterocycles. The van der Waals surface area contributed by atoms with Crippen LogP contribution in [0.15, 0.2) is 0 Å². The number of halogens is 1. The van der Waals surface area contributed by atoms with E-state index >= 15 is 0 Å². The van der Waals surface area contributed by atoms with Gasteiger partial charge in [-0.2, -0.15) is 0 Å². The van der Waals surface area contributed by atoms with Gasteiger partial charge in [0.1, 0.15) is 0 Å². The maximum atomic E-state index is 6.35. The van der Waals surface area contributed by atoms with Gasteiger partial charge in [-0.15, -0.1) is 11.6 Å². The van der Waals surface area contributed by atoms with Crippen LogP contribution >= 0.6 is 11.6 Å². The van der Waals surface area contributed by atoms with Gasteiger partial charge >= 0.3 is 0 Å². The molecule has 0 aromatic rings. The number of likely N-dealkylation sites (tertiary alicyclic amines) is 1. The Morgan fingerprint density at radius 2 is 1.87 bits per heavy atom. The fraction of sp³-hybridized carbons (Fsp3) is 1.00. The highest BCUT2D eigenvalue weighted by Crippen LogP contribution is 2.29. The molecule has 1 saturated carbocycles. The minimum absolute atomic E-state index is 0.415. The summed E-state index contributed by atoms with van der Waals surface area (Å²) >= 11 is 6.35. The van der Waals surface area contributed by atoms with Crippen molar-refractivity contribution in [3.8, 4) is 0 Å². The lowest BCUT2D eigenvalue weighted by molar-refractivity contribution is 0.227. The number of hydrogen-bond acceptors (Lipinski definition) is 1. The summed E-state index contributed by atoms with van der Waals surface area (Å²) in [6, 6.07) is 0. The summed E-state index contributed by atoms with van der Waals surface area (Å²) in [6.07, 6.45) is 8.54. The lowest BCUT2D eigenvalue weighted by atomic mass is 9.89. The minimum atomic E-state index is 0.415. The maximum absolute atomic E-state index is 6.35. The number of alkyl halides is 1. The molecule has 2 unspecified atom stereocenters. The molecule has 0 bridgehead atoms. The summed E-state index contributed by atoms with van der Waals surface area (Å²) in [5, 5.41) is 0.415. The summed E-state index contributed by atoms with van der Waals surface area (Å²) in [7, 11) is 0. The smallest absolute Gasteiger partial charge is 0.0503 e. The average Bonchev–Trinajstić information content (AvgIpc) is 2.60. The van der Waals surface area contributed by atoms with Crippen molar-refractivity contribution in [2.75, 3.05) is 19.6 Å². The van der Waals surface area contributed by atoms with Crippen molar-refractivity contribution in [2.45, 2.75) is 50.8 Å². The quantitative estimate of drug-likeness (QED) is 0.670. The van der Waals surface area contributed by atoms with E-state index in [0.29, 0.717) is 5.38 Å². The van der Waals surface area contributed by atoms with E-state index in [1.165, 1.54) is 51.6 Å². The van der Waals surface area contributed by atoms with Crippen LogP contribution in [0.5, 0.6) is 0 Å². The van der Waals surface area contributed by atoms with Crippen LogP contribution in [0.2, 0.25) is 0 Å². The molecule has 2 aliphatic rings. The molecule has 0 aromatic carbocycles. The lowest BCUT2D eigenvalue weighted by Crippen LogP contribution is -2.29. The Bertz CT molecular complexity index is 189. The van der Waals surface area contributed by atoms with Crippen LogP contribution in [0.3, 0.4) is 0 Å². The second kappa shape index (κ2) is 5.54. The molecule has 15 heavy (non-hydrogen) atoms. The van der Waals surface area contributed by atoms with Gasteiger partial charge in [0.2, 0.25) is 0 Å². The second-order valence-corrected chi connectivity index (χ2v) is 5.97. The molecule has 1 nitrogen and oxygen atoms in total. The van der Waals surface area contributed by atoms with E-state index in [2.05, 4.69) is 11.8 Å². The Morgan fingerprint density at radius 3 is 2.47 bits per heavy atom. The van der Waals surface area contributed by atoms with Crippen LogP contribution in [-0.4, -0.2) is 29.9 Å². The summed E-state index contributed by atoms with van der Waals surface area (Å²) in [4.78, 5) is 2.61. The Hall–Kier alpha value is 0.250. The van der Waals surface area contributed by atoms with Crippen molar-refractivity contribution in [2.24, 2.45) is 11.8 Å². The Labute approximate surface area is 99.2 Å². The lowest BCUT2D eigenvalue weighted by Gasteiger charge is -2.26. The molecular weight excluding hydrogens is 206 g/mol. The molecule has 0 aromatic heterocycles. The van der Waals surface area contributed by atoms with E-state index in [9.17, 15) is 0 Å². The molecule has 88 valence electrons.